The van der Waals surface area contributed by atoms with E-state index < -0.39 is 0 Å². The molecule has 0 amide bonds. The Morgan fingerprint density at radius 2 is 2.06 bits per heavy atom. The standard InChI is InChI=1S/C17H14N/c1-12-11-17-15-6-3-2-5-13(15)9-10-18(17)16-8-4-7-14(12)16/h2-9,11H,10H2,1H3/q+1. The predicted molar refractivity (Wildman–Crippen MR) is 72.7 cm³/mol. The fourth-order valence-corrected chi connectivity index (χ4v) is 2.99. The highest BCUT2D eigenvalue weighted by molar-refractivity contribution is 5.63. The number of nitrogens with zero attached hydrogens (tertiary/aromatic N) is 1. The van der Waals surface area contributed by atoms with Gasteiger partial charge in [0.1, 0.15) is 0 Å². The summed E-state index contributed by atoms with van der Waals surface area (Å²) in [5.74, 6) is 0. The van der Waals surface area contributed by atoms with Crippen molar-refractivity contribution in [2.75, 3.05) is 0 Å². The van der Waals surface area contributed by atoms with Crippen molar-refractivity contribution in [1.29, 1.82) is 0 Å². The van der Waals surface area contributed by atoms with E-state index in [0.29, 0.717) is 0 Å². The molecule has 2 heterocycles. The van der Waals surface area contributed by atoms with Crippen molar-refractivity contribution in [1.82, 2.24) is 0 Å². The van der Waals surface area contributed by atoms with Gasteiger partial charge in [-0.2, -0.15) is 4.57 Å². The van der Waals surface area contributed by atoms with Gasteiger partial charge in [0.25, 0.3) is 0 Å². The maximum Gasteiger partial charge on any atom is 0.214 e. The van der Waals surface area contributed by atoms with Gasteiger partial charge in [0, 0.05) is 17.4 Å². The maximum absolute atomic E-state index is 2.41. The van der Waals surface area contributed by atoms with Crippen molar-refractivity contribution in [3.05, 3.63) is 68.7 Å². The van der Waals surface area contributed by atoms with Crippen LogP contribution >= 0.6 is 0 Å². The van der Waals surface area contributed by atoms with Crippen LogP contribution in [0.2, 0.25) is 0 Å². The van der Waals surface area contributed by atoms with Gasteiger partial charge in [-0.05, 0) is 35.9 Å². The van der Waals surface area contributed by atoms with Crippen LogP contribution in [0.25, 0.3) is 18.2 Å². The Morgan fingerprint density at radius 1 is 1.17 bits per heavy atom. The second-order valence-corrected chi connectivity index (χ2v) is 4.94. The van der Waals surface area contributed by atoms with Gasteiger partial charge in [-0.25, -0.2) is 0 Å². The van der Waals surface area contributed by atoms with E-state index in [1.807, 2.05) is 0 Å². The van der Waals surface area contributed by atoms with Crippen LogP contribution < -0.4 is 15.0 Å². The number of benzene rings is 1. The molecule has 18 heavy (non-hydrogen) atoms. The molecule has 4 rings (SSSR count). The first kappa shape index (κ1) is 9.84. The monoisotopic (exact) mass is 232 g/mol. The average Bonchev–Trinajstić information content (AvgIpc) is 2.89. The summed E-state index contributed by atoms with van der Waals surface area (Å²) in [4.78, 5) is 0. The van der Waals surface area contributed by atoms with Crippen LogP contribution in [-0.2, 0) is 6.54 Å². The highest BCUT2D eigenvalue weighted by atomic mass is 15.0. The fourth-order valence-electron chi connectivity index (χ4n) is 2.99. The zero-order valence-corrected chi connectivity index (χ0v) is 10.4. The van der Waals surface area contributed by atoms with Crippen LogP contribution in [-0.4, -0.2) is 0 Å². The largest absolute Gasteiger partial charge is 0.214 e. The number of hydrogen-bond donors (Lipinski definition) is 0. The molecule has 0 bridgehead atoms. The van der Waals surface area contributed by atoms with Gasteiger partial charge < -0.3 is 0 Å². The summed E-state index contributed by atoms with van der Waals surface area (Å²) in [5.41, 5.74) is 2.70. The van der Waals surface area contributed by atoms with Crippen LogP contribution in [0, 0.1) is 17.5 Å². The highest BCUT2D eigenvalue weighted by Gasteiger charge is 2.17. The lowest BCUT2D eigenvalue weighted by atomic mass is 10.1. The second kappa shape index (κ2) is 3.42. The summed E-state index contributed by atoms with van der Waals surface area (Å²) in [6.07, 6.45) is 8.88. The molecule has 1 aromatic heterocycles. The average molecular weight is 232 g/mol. The number of hydrogen-bond acceptors (Lipinski definition) is 0. The second-order valence-electron chi connectivity index (χ2n) is 4.94. The molecule has 0 fully saturated rings. The Morgan fingerprint density at radius 3 is 3.00 bits per heavy atom. The number of pyridine rings is 1. The van der Waals surface area contributed by atoms with E-state index in [0.717, 1.165) is 6.54 Å². The summed E-state index contributed by atoms with van der Waals surface area (Å²) in [6, 6.07) is 11.0. The third kappa shape index (κ3) is 1.19. The lowest BCUT2D eigenvalue weighted by molar-refractivity contribution is -0.696. The van der Waals surface area contributed by atoms with Gasteiger partial charge >= 0.3 is 0 Å². The van der Waals surface area contributed by atoms with E-state index in [9.17, 15) is 0 Å². The molecule has 0 atom stereocenters. The first-order valence-corrected chi connectivity index (χ1v) is 6.36. The van der Waals surface area contributed by atoms with E-state index >= 15 is 0 Å². The molecule has 1 aliphatic heterocycles. The molecule has 1 aromatic carbocycles. The first-order valence-electron chi connectivity index (χ1n) is 6.36. The lowest BCUT2D eigenvalue weighted by Crippen LogP contribution is -2.45. The highest BCUT2D eigenvalue weighted by Crippen LogP contribution is 2.04. The summed E-state index contributed by atoms with van der Waals surface area (Å²) >= 11 is 0. The third-order valence-electron chi connectivity index (χ3n) is 3.88. The van der Waals surface area contributed by atoms with Crippen molar-refractivity contribution < 1.29 is 4.57 Å². The van der Waals surface area contributed by atoms with Crippen molar-refractivity contribution >= 4 is 18.2 Å². The molecule has 0 saturated heterocycles. The molecule has 0 N–H and O–H groups in total. The van der Waals surface area contributed by atoms with Crippen LogP contribution in [0.5, 0.6) is 0 Å². The maximum atomic E-state index is 2.41. The van der Waals surface area contributed by atoms with Crippen molar-refractivity contribution in [2.45, 2.75) is 13.5 Å². The van der Waals surface area contributed by atoms with E-state index in [1.165, 1.54) is 32.3 Å². The summed E-state index contributed by atoms with van der Waals surface area (Å²) in [6.45, 7) is 3.16. The SMILES string of the molecule is Cc1cc2[n+](c3c1=CC=C3)CC=c1ccccc1=2. The zero-order chi connectivity index (χ0) is 12.1. The van der Waals surface area contributed by atoms with E-state index in [4.69, 9.17) is 0 Å². The van der Waals surface area contributed by atoms with Crippen LogP contribution in [0.4, 0.5) is 0 Å². The van der Waals surface area contributed by atoms with E-state index in [-0.39, 0.29) is 0 Å². The number of rotatable bonds is 0. The fraction of sp³-hybridized carbons (Fsp3) is 0.118. The van der Waals surface area contributed by atoms with Crippen LogP contribution in [0.15, 0.2) is 36.4 Å². The smallest absolute Gasteiger partial charge is 0.188 e. The normalized spacial score (nSPS) is 14.3. The Labute approximate surface area is 105 Å². The summed E-state index contributed by atoms with van der Waals surface area (Å²) in [7, 11) is 0. The molecule has 2 aromatic rings. The molecule has 1 nitrogen and oxygen atoms in total. The molecule has 0 saturated carbocycles. The molecule has 1 heteroatoms. The third-order valence-corrected chi connectivity index (χ3v) is 3.88. The molecule has 86 valence electrons. The van der Waals surface area contributed by atoms with Gasteiger partial charge in [0.2, 0.25) is 11.0 Å². The van der Waals surface area contributed by atoms with Crippen molar-refractivity contribution in [3.63, 3.8) is 0 Å². The van der Waals surface area contributed by atoms with Crippen molar-refractivity contribution in [3.8, 4) is 0 Å². The quantitative estimate of drug-likeness (QED) is 0.600. The Hall–Kier alpha value is -2.15. The topological polar surface area (TPSA) is 3.88 Å². The zero-order valence-electron chi connectivity index (χ0n) is 10.4. The van der Waals surface area contributed by atoms with Gasteiger partial charge in [0.05, 0.1) is 5.22 Å². The predicted octanol–water partition coefficient (Wildman–Crippen LogP) is 1.17. The summed E-state index contributed by atoms with van der Waals surface area (Å²) in [5, 5.41) is 5.40. The molecule has 0 spiro atoms. The van der Waals surface area contributed by atoms with E-state index in [1.54, 1.807) is 0 Å². The molecular formula is C17H14N+. The van der Waals surface area contributed by atoms with Gasteiger partial charge in [-0.3, -0.25) is 0 Å². The minimum absolute atomic E-state index is 0.965. The molecule has 1 aliphatic carbocycles. The molecule has 2 aliphatic rings. The molecular weight excluding hydrogens is 218 g/mol. The van der Waals surface area contributed by atoms with Gasteiger partial charge in [0.15, 0.2) is 6.54 Å². The Kier molecular flexibility index (Phi) is 1.87. The molecule has 0 unspecified atom stereocenters. The van der Waals surface area contributed by atoms with Crippen LogP contribution in [0.3, 0.4) is 0 Å². The van der Waals surface area contributed by atoms with Crippen LogP contribution in [0.1, 0.15) is 11.3 Å². The van der Waals surface area contributed by atoms with E-state index in [2.05, 4.69) is 66.1 Å². The Bertz CT molecular complexity index is 902. The first-order chi connectivity index (χ1) is 8.84. The Balaban J connectivity index is 2.35. The van der Waals surface area contributed by atoms with Crippen molar-refractivity contribution in [2.24, 2.45) is 0 Å². The lowest BCUT2D eigenvalue weighted by Gasteiger charge is -2.05. The van der Waals surface area contributed by atoms with Gasteiger partial charge in [-0.15, -0.1) is 0 Å². The van der Waals surface area contributed by atoms with Gasteiger partial charge in [-0.1, -0.05) is 24.3 Å². The number of aryl methyl sites for hydroxylation is 1. The summed E-state index contributed by atoms with van der Waals surface area (Å²) < 4.78 is 2.41. The minimum Gasteiger partial charge on any atom is -0.188 e. The number of fused-ring (bicyclic) bond motifs is 4. The molecule has 0 radical (unpaired) electrons. The number of allylic oxidation sites excluding steroid dienone is 1. The number of aromatic nitrogens is 1. The minimum atomic E-state index is 0.965.